The van der Waals surface area contributed by atoms with Gasteiger partial charge in [-0.2, -0.15) is 5.10 Å². The van der Waals surface area contributed by atoms with Gasteiger partial charge in [0, 0.05) is 36.2 Å². The van der Waals surface area contributed by atoms with Crippen LogP contribution in [-0.4, -0.2) is 47.4 Å². The summed E-state index contributed by atoms with van der Waals surface area (Å²) in [5, 5.41) is 7.47. The number of ether oxygens (including phenoxy) is 2. The first-order valence-electron chi connectivity index (χ1n) is 10.6. The fourth-order valence-corrected chi connectivity index (χ4v) is 4.38. The van der Waals surface area contributed by atoms with Crippen LogP contribution in [-0.2, 0) is 6.54 Å². The SMILES string of the molecule is COc1ccc(-c2[nH]ncc2CN2CCC[C@H](c3nc4ccccc4o3)C2)c(OC)c1. The van der Waals surface area contributed by atoms with E-state index in [4.69, 9.17) is 18.9 Å². The Morgan fingerprint density at radius 1 is 1.16 bits per heavy atom. The maximum Gasteiger partial charge on any atom is 0.199 e. The van der Waals surface area contributed by atoms with Crippen LogP contribution >= 0.6 is 0 Å². The Balaban J connectivity index is 1.36. The second kappa shape index (κ2) is 8.43. The molecule has 0 amide bonds. The van der Waals surface area contributed by atoms with Gasteiger partial charge in [-0.25, -0.2) is 4.98 Å². The molecule has 31 heavy (non-hydrogen) atoms. The summed E-state index contributed by atoms with van der Waals surface area (Å²) in [6.07, 6.45) is 4.11. The van der Waals surface area contributed by atoms with E-state index in [2.05, 4.69) is 15.1 Å². The minimum Gasteiger partial charge on any atom is -0.497 e. The first-order valence-corrected chi connectivity index (χ1v) is 10.6. The number of hydrogen-bond donors (Lipinski definition) is 1. The van der Waals surface area contributed by atoms with Crippen LogP contribution in [0.1, 0.15) is 30.2 Å². The number of rotatable bonds is 6. The third kappa shape index (κ3) is 3.88. The van der Waals surface area contributed by atoms with Crippen molar-refractivity contribution in [1.82, 2.24) is 20.1 Å². The average Bonchev–Trinajstić information content (AvgIpc) is 3.45. The summed E-state index contributed by atoms with van der Waals surface area (Å²) in [6.45, 7) is 2.76. The molecule has 7 heteroatoms. The van der Waals surface area contributed by atoms with Gasteiger partial charge < -0.3 is 13.9 Å². The van der Waals surface area contributed by atoms with Crippen LogP contribution < -0.4 is 9.47 Å². The monoisotopic (exact) mass is 418 g/mol. The lowest BCUT2D eigenvalue weighted by molar-refractivity contribution is 0.187. The fourth-order valence-electron chi connectivity index (χ4n) is 4.38. The zero-order valence-electron chi connectivity index (χ0n) is 17.8. The van der Waals surface area contributed by atoms with Crippen LogP contribution in [0.15, 0.2) is 53.1 Å². The average molecular weight is 418 g/mol. The Kier molecular flexibility index (Phi) is 5.34. The van der Waals surface area contributed by atoms with Crippen LogP contribution in [0.25, 0.3) is 22.4 Å². The molecule has 1 aliphatic heterocycles. The van der Waals surface area contributed by atoms with Gasteiger partial charge in [0.15, 0.2) is 11.5 Å². The van der Waals surface area contributed by atoms with Crippen molar-refractivity contribution in [2.24, 2.45) is 0 Å². The zero-order chi connectivity index (χ0) is 21.2. The molecule has 4 aromatic rings. The number of piperidine rings is 1. The third-order valence-corrected chi connectivity index (χ3v) is 5.96. The highest BCUT2D eigenvalue weighted by Crippen LogP contribution is 2.35. The molecular formula is C24H26N4O3. The molecule has 160 valence electrons. The molecule has 7 nitrogen and oxygen atoms in total. The van der Waals surface area contributed by atoms with Crippen molar-refractivity contribution < 1.29 is 13.9 Å². The number of oxazole rings is 1. The number of para-hydroxylation sites is 2. The molecule has 1 aliphatic rings. The van der Waals surface area contributed by atoms with Gasteiger partial charge in [0.2, 0.25) is 0 Å². The van der Waals surface area contributed by atoms with Crippen LogP contribution in [0.4, 0.5) is 0 Å². The second-order valence-electron chi connectivity index (χ2n) is 7.93. The summed E-state index contributed by atoms with van der Waals surface area (Å²) < 4.78 is 17.0. The van der Waals surface area contributed by atoms with Crippen molar-refractivity contribution in [1.29, 1.82) is 0 Å². The third-order valence-electron chi connectivity index (χ3n) is 5.96. The Hall–Kier alpha value is -3.32. The Labute approximate surface area is 181 Å². The van der Waals surface area contributed by atoms with Crippen LogP contribution in [0, 0.1) is 0 Å². The van der Waals surface area contributed by atoms with Gasteiger partial charge in [0.25, 0.3) is 0 Å². The lowest BCUT2D eigenvalue weighted by atomic mass is 9.97. The number of fused-ring (bicyclic) bond motifs is 1. The maximum atomic E-state index is 6.05. The molecule has 0 unspecified atom stereocenters. The zero-order valence-corrected chi connectivity index (χ0v) is 17.8. The molecule has 0 bridgehead atoms. The van der Waals surface area contributed by atoms with E-state index in [9.17, 15) is 0 Å². The van der Waals surface area contributed by atoms with E-state index in [1.54, 1.807) is 14.2 Å². The van der Waals surface area contributed by atoms with Gasteiger partial charge in [-0.15, -0.1) is 0 Å². The maximum absolute atomic E-state index is 6.05. The quantitative estimate of drug-likeness (QED) is 0.493. The number of benzene rings is 2. The number of hydrogen-bond acceptors (Lipinski definition) is 6. The summed E-state index contributed by atoms with van der Waals surface area (Å²) in [6, 6.07) is 13.8. The van der Waals surface area contributed by atoms with Gasteiger partial charge in [-0.1, -0.05) is 12.1 Å². The molecule has 2 aromatic carbocycles. The number of aromatic amines is 1. The first-order chi connectivity index (χ1) is 15.2. The van der Waals surface area contributed by atoms with E-state index < -0.39 is 0 Å². The van der Waals surface area contributed by atoms with Crippen molar-refractivity contribution in [2.75, 3.05) is 27.3 Å². The van der Waals surface area contributed by atoms with Gasteiger partial charge in [0.1, 0.15) is 17.0 Å². The van der Waals surface area contributed by atoms with Crippen LogP contribution in [0.5, 0.6) is 11.5 Å². The predicted molar refractivity (Wildman–Crippen MR) is 118 cm³/mol. The molecule has 3 heterocycles. The molecule has 1 saturated heterocycles. The topological polar surface area (TPSA) is 76.4 Å². The fraction of sp³-hybridized carbons (Fsp3) is 0.333. The molecule has 0 aliphatic carbocycles. The van der Waals surface area contributed by atoms with Crippen LogP contribution in [0.3, 0.4) is 0 Å². The Morgan fingerprint density at radius 3 is 2.90 bits per heavy atom. The highest BCUT2D eigenvalue weighted by Gasteiger charge is 2.26. The van der Waals surface area contributed by atoms with Gasteiger partial charge >= 0.3 is 0 Å². The summed E-state index contributed by atoms with van der Waals surface area (Å²) in [5.74, 6) is 2.66. The predicted octanol–water partition coefficient (Wildman–Crippen LogP) is 4.61. The summed E-state index contributed by atoms with van der Waals surface area (Å²) in [4.78, 5) is 7.18. The summed E-state index contributed by atoms with van der Waals surface area (Å²) in [5.41, 5.74) is 4.88. The van der Waals surface area contributed by atoms with Gasteiger partial charge in [0.05, 0.1) is 26.1 Å². The number of aromatic nitrogens is 3. The van der Waals surface area contributed by atoms with E-state index in [-0.39, 0.29) is 0 Å². The summed E-state index contributed by atoms with van der Waals surface area (Å²) >= 11 is 0. The first kappa shape index (κ1) is 19.6. The van der Waals surface area contributed by atoms with Gasteiger partial charge in [-0.3, -0.25) is 10.00 Å². The molecular weight excluding hydrogens is 392 g/mol. The number of H-pyrrole nitrogens is 1. The van der Waals surface area contributed by atoms with Crippen molar-refractivity contribution in [3.05, 3.63) is 60.1 Å². The molecule has 1 N–H and O–H groups in total. The minimum absolute atomic E-state index is 0.298. The van der Waals surface area contributed by atoms with Crippen molar-refractivity contribution in [3.8, 4) is 22.8 Å². The number of nitrogens with one attached hydrogen (secondary N) is 1. The lowest BCUT2D eigenvalue weighted by Gasteiger charge is -2.31. The number of nitrogens with zero attached hydrogens (tertiary/aromatic N) is 3. The van der Waals surface area contributed by atoms with E-state index in [1.165, 1.54) is 0 Å². The van der Waals surface area contributed by atoms with Crippen LogP contribution in [0.2, 0.25) is 0 Å². The summed E-state index contributed by atoms with van der Waals surface area (Å²) in [7, 11) is 3.32. The number of likely N-dealkylation sites (tertiary alicyclic amines) is 1. The molecule has 2 aromatic heterocycles. The Bertz CT molecular complexity index is 1150. The number of methoxy groups -OCH3 is 2. The largest absolute Gasteiger partial charge is 0.497 e. The highest BCUT2D eigenvalue weighted by atomic mass is 16.5. The molecule has 0 saturated carbocycles. The van der Waals surface area contributed by atoms with Gasteiger partial charge in [-0.05, 0) is 43.7 Å². The lowest BCUT2D eigenvalue weighted by Crippen LogP contribution is -2.34. The standard InChI is InChI=1S/C24H26N4O3/c1-29-18-9-10-19(22(12-18)30-2)23-17(13-25-27-23)15-28-11-5-6-16(14-28)24-26-20-7-3-4-8-21(20)31-24/h3-4,7-10,12-13,16H,5-6,11,14-15H2,1-2H3,(H,25,27)/t16-/m0/s1. The second-order valence-corrected chi connectivity index (χ2v) is 7.93. The van der Waals surface area contributed by atoms with Crippen molar-refractivity contribution in [2.45, 2.75) is 25.3 Å². The molecule has 0 spiro atoms. The van der Waals surface area contributed by atoms with E-state index in [0.29, 0.717) is 5.92 Å². The van der Waals surface area contributed by atoms with Crippen molar-refractivity contribution >= 4 is 11.1 Å². The molecule has 1 fully saturated rings. The molecule has 0 radical (unpaired) electrons. The van der Waals surface area contributed by atoms with E-state index in [1.807, 2.05) is 48.7 Å². The highest BCUT2D eigenvalue weighted by molar-refractivity contribution is 5.72. The Morgan fingerprint density at radius 2 is 2.06 bits per heavy atom. The van der Waals surface area contributed by atoms with Crippen molar-refractivity contribution in [3.63, 3.8) is 0 Å². The molecule has 1 atom stereocenters. The molecule has 5 rings (SSSR count). The van der Waals surface area contributed by atoms with E-state index in [0.717, 1.165) is 77.8 Å². The normalized spacial score (nSPS) is 17.2. The van der Waals surface area contributed by atoms with E-state index >= 15 is 0 Å². The minimum atomic E-state index is 0.298. The smallest absolute Gasteiger partial charge is 0.199 e.